The molecule has 0 N–H and O–H groups in total. The van der Waals surface area contributed by atoms with Gasteiger partial charge in [-0.1, -0.05) is 36.4 Å². The molecular formula is C21H18N2O3S. The number of rotatable bonds is 5. The van der Waals surface area contributed by atoms with Gasteiger partial charge in [0.15, 0.2) is 0 Å². The Balaban J connectivity index is 1.84. The molecule has 0 radical (unpaired) electrons. The van der Waals surface area contributed by atoms with Crippen molar-refractivity contribution >= 4 is 29.0 Å². The molecule has 27 heavy (non-hydrogen) atoms. The van der Waals surface area contributed by atoms with Gasteiger partial charge in [-0.05, 0) is 43.8 Å². The van der Waals surface area contributed by atoms with Gasteiger partial charge < -0.3 is 4.74 Å². The molecule has 1 saturated heterocycles. The second-order valence-corrected chi connectivity index (χ2v) is 7.23. The van der Waals surface area contributed by atoms with E-state index in [1.165, 1.54) is 4.90 Å². The summed E-state index contributed by atoms with van der Waals surface area (Å²) in [6.07, 6.45) is 1.68. The van der Waals surface area contributed by atoms with Crippen molar-refractivity contribution in [1.82, 2.24) is 4.90 Å². The first-order valence-electron chi connectivity index (χ1n) is 8.48. The number of hydrogen-bond donors (Lipinski definition) is 0. The molecule has 1 heterocycles. The minimum Gasteiger partial charge on any atom is -0.488 e. The van der Waals surface area contributed by atoms with E-state index in [0.29, 0.717) is 21.8 Å². The van der Waals surface area contributed by atoms with Crippen LogP contribution in [0.15, 0.2) is 53.4 Å². The lowest BCUT2D eigenvalue weighted by Crippen LogP contribution is -2.34. The number of thioether (sulfide) groups is 1. The van der Waals surface area contributed by atoms with Crippen LogP contribution < -0.4 is 4.74 Å². The Hall–Kier alpha value is -3.04. The van der Waals surface area contributed by atoms with Gasteiger partial charge in [-0.3, -0.25) is 14.5 Å². The number of carbonyl (C=O) groups is 2. The summed E-state index contributed by atoms with van der Waals surface area (Å²) in [6, 6.07) is 16.5. The van der Waals surface area contributed by atoms with Gasteiger partial charge >= 0.3 is 0 Å². The molecule has 0 atom stereocenters. The standard InChI is InChI=1S/C21H18N2O3S/c1-14(2)23-20(24)19(27-21(23)25)11-15-7-5-6-10-18(15)26-13-17-9-4-3-8-16(17)12-22/h3-11,14H,13H2,1-2H3/b19-11+. The van der Waals surface area contributed by atoms with Gasteiger partial charge in [0, 0.05) is 17.2 Å². The van der Waals surface area contributed by atoms with Gasteiger partial charge in [0.05, 0.1) is 16.5 Å². The predicted octanol–water partition coefficient (Wildman–Crippen LogP) is 4.58. The molecular weight excluding hydrogens is 360 g/mol. The number of carbonyl (C=O) groups excluding carboxylic acids is 2. The van der Waals surface area contributed by atoms with Crippen LogP contribution in [0.2, 0.25) is 0 Å². The minimum atomic E-state index is -0.287. The molecule has 2 amide bonds. The summed E-state index contributed by atoms with van der Waals surface area (Å²) in [5, 5.41) is 8.93. The molecule has 136 valence electrons. The maximum absolute atomic E-state index is 12.5. The molecule has 3 rings (SSSR count). The Labute approximate surface area is 162 Å². The van der Waals surface area contributed by atoms with Crippen molar-refractivity contribution in [3.05, 3.63) is 70.1 Å². The van der Waals surface area contributed by atoms with Crippen molar-refractivity contribution in [3.63, 3.8) is 0 Å². The zero-order chi connectivity index (χ0) is 19.4. The van der Waals surface area contributed by atoms with Crippen molar-refractivity contribution in [2.24, 2.45) is 0 Å². The Morgan fingerprint density at radius 2 is 1.85 bits per heavy atom. The van der Waals surface area contributed by atoms with Gasteiger partial charge in [0.1, 0.15) is 12.4 Å². The van der Waals surface area contributed by atoms with Crippen molar-refractivity contribution < 1.29 is 14.3 Å². The summed E-state index contributed by atoms with van der Waals surface area (Å²) >= 11 is 0.934. The second kappa shape index (κ2) is 8.11. The Kier molecular flexibility index (Phi) is 5.63. The maximum Gasteiger partial charge on any atom is 0.293 e. The molecule has 5 nitrogen and oxygen atoms in total. The number of ether oxygens (including phenoxy) is 1. The second-order valence-electron chi connectivity index (χ2n) is 6.24. The van der Waals surface area contributed by atoms with E-state index in [-0.39, 0.29) is 23.8 Å². The minimum absolute atomic E-state index is 0.183. The summed E-state index contributed by atoms with van der Waals surface area (Å²) in [6.45, 7) is 3.86. The van der Waals surface area contributed by atoms with Gasteiger partial charge in [0.25, 0.3) is 11.1 Å². The number of hydrogen-bond acceptors (Lipinski definition) is 5. The van der Waals surface area contributed by atoms with Gasteiger partial charge in [0.2, 0.25) is 0 Å². The fourth-order valence-electron chi connectivity index (χ4n) is 2.71. The predicted molar refractivity (Wildman–Crippen MR) is 105 cm³/mol. The molecule has 0 spiro atoms. The molecule has 1 aliphatic heterocycles. The highest BCUT2D eigenvalue weighted by atomic mass is 32.2. The SMILES string of the molecule is CC(C)N1C(=O)S/C(=C/c2ccccc2OCc2ccccc2C#N)C1=O. The normalized spacial score (nSPS) is 15.5. The van der Waals surface area contributed by atoms with Crippen LogP contribution in [-0.2, 0) is 11.4 Å². The fraction of sp³-hybridized carbons (Fsp3) is 0.190. The van der Waals surface area contributed by atoms with E-state index in [4.69, 9.17) is 4.74 Å². The molecule has 1 fully saturated rings. The van der Waals surface area contributed by atoms with Crippen LogP contribution in [0.5, 0.6) is 5.75 Å². The molecule has 0 saturated carbocycles. The quantitative estimate of drug-likeness (QED) is 0.712. The van der Waals surface area contributed by atoms with E-state index in [1.807, 2.05) is 44.2 Å². The number of nitrogens with zero attached hydrogens (tertiary/aromatic N) is 2. The Morgan fingerprint density at radius 1 is 1.15 bits per heavy atom. The smallest absolute Gasteiger partial charge is 0.293 e. The van der Waals surface area contributed by atoms with Crippen molar-refractivity contribution in [2.45, 2.75) is 26.5 Å². The largest absolute Gasteiger partial charge is 0.488 e. The molecule has 2 aromatic rings. The number of nitriles is 1. The Morgan fingerprint density at radius 3 is 2.56 bits per heavy atom. The first kappa shape index (κ1) is 18.7. The lowest BCUT2D eigenvalue weighted by atomic mass is 10.1. The lowest BCUT2D eigenvalue weighted by molar-refractivity contribution is -0.123. The molecule has 0 aliphatic carbocycles. The highest BCUT2D eigenvalue weighted by Crippen LogP contribution is 2.35. The molecule has 0 bridgehead atoms. The van der Waals surface area contributed by atoms with Crippen LogP contribution in [0.1, 0.15) is 30.5 Å². The highest BCUT2D eigenvalue weighted by molar-refractivity contribution is 8.18. The third kappa shape index (κ3) is 4.04. The van der Waals surface area contributed by atoms with Crippen LogP contribution in [0.25, 0.3) is 6.08 Å². The molecule has 0 unspecified atom stereocenters. The summed E-state index contributed by atoms with van der Waals surface area (Å²) in [5.74, 6) is 0.297. The van der Waals surface area contributed by atoms with Crippen LogP contribution >= 0.6 is 11.8 Å². The summed E-state index contributed by atoms with van der Waals surface area (Å²) in [4.78, 5) is 26.2. The third-order valence-electron chi connectivity index (χ3n) is 4.07. The van der Waals surface area contributed by atoms with E-state index in [9.17, 15) is 14.9 Å². The van der Waals surface area contributed by atoms with Gasteiger partial charge in [-0.15, -0.1) is 0 Å². The van der Waals surface area contributed by atoms with E-state index in [0.717, 1.165) is 17.3 Å². The van der Waals surface area contributed by atoms with E-state index in [2.05, 4.69) is 6.07 Å². The molecule has 6 heteroatoms. The molecule has 2 aromatic carbocycles. The average molecular weight is 378 g/mol. The monoisotopic (exact) mass is 378 g/mol. The zero-order valence-electron chi connectivity index (χ0n) is 15.0. The third-order valence-corrected chi connectivity index (χ3v) is 4.95. The van der Waals surface area contributed by atoms with E-state index >= 15 is 0 Å². The fourth-order valence-corrected chi connectivity index (χ4v) is 3.66. The highest BCUT2D eigenvalue weighted by Gasteiger charge is 2.36. The van der Waals surface area contributed by atoms with Gasteiger partial charge in [-0.2, -0.15) is 5.26 Å². The van der Waals surface area contributed by atoms with Crippen LogP contribution in [0.4, 0.5) is 4.79 Å². The van der Waals surface area contributed by atoms with Crippen LogP contribution in [-0.4, -0.2) is 22.1 Å². The van der Waals surface area contributed by atoms with Crippen LogP contribution in [0.3, 0.4) is 0 Å². The summed E-state index contributed by atoms with van der Waals surface area (Å²) < 4.78 is 5.90. The van der Waals surface area contributed by atoms with Crippen LogP contribution in [0, 0.1) is 11.3 Å². The zero-order valence-corrected chi connectivity index (χ0v) is 15.8. The summed E-state index contributed by atoms with van der Waals surface area (Å²) in [5.41, 5.74) is 2.06. The molecule has 1 aliphatic rings. The number of benzene rings is 2. The number of amides is 2. The van der Waals surface area contributed by atoms with Crippen molar-refractivity contribution in [1.29, 1.82) is 5.26 Å². The Bertz CT molecular complexity index is 960. The van der Waals surface area contributed by atoms with E-state index in [1.54, 1.807) is 24.3 Å². The maximum atomic E-state index is 12.5. The van der Waals surface area contributed by atoms with Gasteiger partial charge in [-0.25, -0.2) is 0 Å². The first-order chi connectivity index (χ1) is 13.0. The van der Waals surface area contributed by atoms with Crippen molar-refractivity contribution in [2.75, 3.05) is 0 Å². The lowest BCUT2D eigenvalue weighted by Gasteiger charge is -2.16. The number of imide groups is 1. The topological polar surface area (TPSA) is 70.4 Å². The first-order valence-corrected chi connectivity index (χ1v) is 9.30. The average Bonchev–Trinajstić information content (AvgIpc) is 2.94. The number of para-hydroxylation sites is 1. The molecule has 0 aromatic heterocycles. The summed E-state index contributed by atoms with van der Waals surface area (Å²) in [7, 11) is 0. The van der Waals surface area contributed by atoms with Crippen molar-refractivity contribution in [3.8, 4) is 11.8 Å². The van der Waals surface area contributed by atoms with E-state index < -0.39 is 0 Å².